The Morgan fingerprint density at radius 2 is 2.00 bits per heavy atom. The third-order valence-corrected chi connectivity index (χ3v) is 3.04. The van der Waals surface area contributed by atoms with Gasteiger partial charge in [0.25, 0.3) is 5.91 Å². The summed E-state index contributed by atoms with van der Waals surface area (Å²) in [5.41, 5.74) is 2.42. The van der Waals surface area contributed by atoms with Crippen molar-refractivity contribution in [2.24, 2.45) is 5.92 Å². The van der Waals surface area contributed by atoms with E-state index in [0.717, 1.165) is 10.6 Å². The van der Waals surface area contributed by atoms with Crippen molar-refractivity contribution in [3.05, 3.63) is 24.3 Å². The fourth-order valence-electron chi connectivity index (χ4n) is 1.14. The van der Waals surface area contributed by atoms with E-state index in [1.54, 1.807) is 7.11 Å². The fourth-order valence-corrected chi connectivity index (χ4v) is 1.82. The molecule has 0 aliphatic rings. The molecule has 0 saturated carbocycles. The second-order valence-corrected chi connectivity index (χ2v) is 5.24. The average molecular weight is 269 g/mol. The quantitative estimate of drug-likeness (QED) is 0.610. The molecule has 0 fully saturated rings. The molecule has 0 aromatic heterocycles. The number of methoxy groups -OCH3 is 1. The summed E-state index contributed by atoms with van der Waals surface area (Å²) >= 11 is 1.46. The predicted octanol–water partition coefficient (Wildman–Crippen LogP) is 2.49. The largest absolute Gasteiger partial charge is 0.497 e. The molecular weight excluding hydrogens is 250 g/mol. The number of hydroxylamine groups is 1. The van der Waals surface area contributed by atoms with Gasteiger partial charge in [0.15, 0.2) is 0 Å². The van der Waals surface area contributed by atoms with Crippen molar-refractivity contribution < 1.29 is 14.4 Å². The molecule has 0 unspecified atom stereocenters. The highest BCUT2D eigenvalue weighted by Gasteiger charge is 2.03. The number of hydrogen-bond donors (Lipinski definition) is 1. The van der Waals surface area contributed by atoms with Crippen LogP contribution in [0.2, 0.25) is 0 Å². The smallest absolute Gasteiger partial charge is 0.253 e. The zero-order chi connectivity index (χ0) is 13.4. The lowest BCUT2D eigenvalue weighted by Gasteiger charge is -2.07. The predicted molar refractivity (Wildman–Crippen MR) is 72.7 cm³/mol. The van der Waals surface area contributed by atoms with E-state index in [2.05, 4.69) is 5.48 Å². The molecule has 1 rings (SSSR count). The van der Waals surface area contributed by atoms with Gasteiger partial charge >= 0.3 is 0 Å². The number of nitrogens with one attached hydrogen (secondary N) is 1. The number of hydrogen-bond acceptors (Lipinski definition) is 4. The lowest BCUT2D eigenvalue weighted by atomic mass is 10.2. The van der Waals surface area contributed by atoms with E-state index in [4.69, 9.17) is 9.57 Å². The van der Waals surface area contributed by atoms with Crippen LogP contribution in [0.5, 0.6) is 5.75 Å². The maximum atomic E-state index is 11.4. The number of thioether (sulfide) groups is 1. The van der Waals surface area contributed by atoms with E-state index in [9.17, 15) is 4.79 Å². The fraction of sp³-hybridized carbons (Fsp3) is 0.462. The Hall–Kier alpha value is -1.20. The Kier molecular flexibility index (Phi) is 6.60. The van der Waals surface area contributed by atoms with Crippen LogP contribution in [0, 0.1) is 5.92 Å². The third kappa shape index (κ3) is 5.93. The second-order valence-electron chi connectivity index (χ2n) is 4.19. The van der Waals surface area contributed by atoms with Crippen LogP contribution in [0.4, 0.5) is 0 Å². The molecule has 0 radical (unpaired) electrons. The molecule has 1 aromatic carbocycles. The molecule has 100 valence electrons. The monoisotopic (exact) mass is 269 g/mol. The standard InChI is InChI=1S/C13H19NO3S/c1-10(2)8-17-14-13(15)9-18-12-6-4-11(16-3)5-7-12/h4-7,10H,8-9H2,1-3H3,(H,14,15). The van der Waals surface area contributed by atoms with Crippen molar-refractivity contribution in [3.8, 4) is 5.75 Å². The first kappa shape index (κ1) is 14.9. The molecule has 0 heterocycles. The van der Waals surface area contributed by atoms with Gasteiger partial charge in [-0.1, -0.05) is 13.8 Å². The molecule has 0 saturated heterocycles. The van der Waals surface area contributed by atoms with E-state index >= 15 is 0 Å². The topological polar surface area (TPSA) is 47.6 Å². The molecule has 0 aliphatic heterocycles. The molecule has 4 nitrogen and oxygen atoms in total. The van der Waals surface area contributed by atoms with Crippen molar-refractivity contribution in [3.63, 3.8) is 0 Å². The summed E-state index contributed by atoms with van der Waals surface area (Å²) in [7, 11) is 1.63. The number of carbonyl (C=O) groups is 1. The van der Waals surface area contributed by atoms with Crippen LogP contribution in [-0.2, 0) is 9.63 Å². The zero-order valence-electron chi connectivity index (χ0n) is 10.9. The normalized spacial score (nSPS) is 10.4. The molecule has 0 bridgehead atoms. The number of carbonyl (C=O) groups excluding carboxylic acids is 1. The lowest BCUT2D eigenvalue weighted by Crippen LogP contribution is -2.27. The highest BCUT2D eigenvalue weighted by atomic mass is 32.2. The lowest BCUT2D eigenvalue weighted by molar-refractivity contribution is -0.131. The number of rotatable bonds is 7. The minimum absolute atomic E-state index is 0.128. The van der Waals surface area contributed by atoms with Crippen LogP contribution >= 0.6 is 11.8 Å². The van der Waals surface area contributed by atoms with E-state index in [1.165, 1.54) is 11.8 Å². The Bertz CT molecular complexity index is 365. The molecule has 0 atom stereocenters. The van der Waals surface area contributed by atoms with Gasteiger partial charge in [-0.2, -0.15) is 0 Å². The van der Waals surface area contributed by atoms with Gasteiger partial charge in [0.2, 0.25) is 0 Å². The number of amides is 1. The molecule has 1 aromatic rings. The minimum Gasteiger partial charge on any atom is -0.497 e. The highest BCUT2D eigenvalue weighted by molar-refractivity contribution is 8.00. The van der Waals surface area contributed by atoms with Crippen LogP contribution < -0.4 is 10.2 Å². The zero-order valence-corrected chi connectivity index (χ0v) is 11.8. The summed E-state index contributed by atoms with van der Waals surface area (Å²) in [6.45, 7) is 4.58. The molecule has 0 spiro atoms. The first-order valence-corrected chi connectivity index (χ1v) is 6.78. The van der Waals surface area contributed by atoms with Crippen molar-refractivity contribution in [2.75, 3.05) is 19.5 Å². The molecule has 0 aliphatic carbocycles. The van der Waals surface area contributed by atoms with Gasteiger partial charge in [0.05, 0.1) is 19.5 Å². The molecular formula is C13H19NO3S. The Balaban J connectivity index is 2.24. The van der Waals surface area contributed by atoms with E-state index in [-0.39, 0.29) is 5.91 Å². The Morgan fingerprint density at radius 3 is 2.56 bits per heavy atom. The van der Waals surface area contributed by atoms with Crippen molar-refractivity contribution in [1.82, 2.24) is 5.48 Å². The van der Waals surface area contributed by atoms with E-state index in [0.29, 0.717) is 18.3 Å². The van der Waals surface area contributed by atoms with Gasteiger partial charge < -0.3 is 4.74 Å². The number of benzene rings is 1. The van der Waals surface area contributed by atoms with Gasteiger partial charge in [-0.05, 0) is 30.2 Å². The number of ether oxygens (including phenoxy) is 1. The van der Waals surface area contributed by atoms with Crippen LogP contribution in [0.1, 0.15) is 13.8 Å². The Labute approximate surface area is 112 Å². The van der Waals surface area contributed by atoms with Gasteiger partial charge in [-0.3, -0.25) is 9.63 Å². The summed E-state index contributed by atoms with van der Waals surface area (Å²) < 4.78 is 5.06. The van der Waals surface area contributed by atoms with E-state index in [1.807, 2.05) is 38.1 Å². The van der Waals surface area contributed by atoms with Crippen molar-refractivity contribution >= 4 is 17.7 Å². The Morgan fingerprint density at radius 1 is 1.33 bits per heavy atom. The van der Waals surface area contributed by atoms with Gasteiger partial charge in [-0.25, -0.2) is 5.48 Å². The average Bonchev–Trinajstić information content (AvgIpc) is 2.36. The third-order valence-electron chi connectivity index (χ3n) is 2.03. The summed E-state index contributed by atoms with van der Waals surface area (Å²) in [6, 6.07) is 7.59. The maximum Gasteiger partial charge on any atom is 0.253 e. The summed E-state index contributed by atoms with van der Waals surface area (Å²) in [5.74, 6) is 1.42. The molecule has 5 heteroatoms. The summed E-state index contributed by atoms with van der Waals surface area (Å²) in [6.07, 6.45) is 0. The first-order valence-electron chi connectivity index (χ1n) is 5.79. The molecule has 1 N–H and O–H groups in total. The van der Waals surface area contributed by atoms with Gasteiger partial charge in [-0.15, -0.1) is 11.8 Å². The summed E-state index contributed by atoms with van der Waals surface area (Å²) in [5, 5.41) is 0. The molecule has 18 heavy (non-hydrogen) atoms. The minimum atomic E-state index is -0.128. The van der Waals surface area contributed by atoms with Crippen LogP contribution in [0.15, 0.2) is 29.2 Å². The van der Waals surface area contributed by atoms with Crippen molar-refractivity contribution in [2.45, 2.75) is 18.7 Å². The molecule has 1 amide bonds. The van der Waals surface area contributed by atoms with Gasteiger partial charge in [0, 0.05) is 4.90 Å². The first-order chi connectivity index (χ1) is 8.61. The van der Waals surface area contributed by atoms with Crippen molar-refractivity contribution in [1.29, 1.82) is 0 Å². The highest BCUT2D eigenvalue weighted by Crippen LogP contribution is 2.20. The van der Waals surface area contributed by atoms with Crippen LogP contribution in [0.25, 0.3) is 0 Å². The van der Waals surface area contributed by atoms with Gasteiger partial charge in [0.1, 0.15) is 5.75 Å². The summed E-state index contributed by atoms with van der Waals surface area (Å²) in [4.78, 5) is 17.5. The van der Waals surface area contributed by atoms with Crippen LogP contribution in [-0.4, -0.2) is 25.4 Å². The van der Waals surface area contributed by atoms with Crippen LogP contribution in [0.3, 0.4) is 0 Å². The van der Waals surface area contributed by atoms with E-state index < -0.39 is 0 Å². The second kappa shape index (κ2) is 8.00. The SMILES string of the molecule is COc1ccc(SCC(=O)NOCC(C)C)cc1. The maximum absolute atomic E-state index is 11.4.